The van der Waals surface area contributed by atoms with Crippen LogP contribution in [0.4, 0.5) is 0 Å². The molecular formula is C18H23NO. The van der Waals surface area contributed by atoms with Crippen LogP contribution in [0.15, 0.2) is 54.6 Å². The third kappa shape index (κ3) is 4.80. The average molecular weight is 269 g/mol. The molecule has 0 aliphatic carbocycles. The maximum Gasteiger partial charge on any atom is 0.0477 e. The van der Waals surface area contributed by atoms with Crippen LogP contribution < -0.4 is 5.32 Å². The molecule has 0 saturated carbocycles. The topological polar surface area (TPSA) is 21.3 Å². The van der Waals surface area contributed by atoms with Crippen LogP contribution in [0.2, 0.25) is 0 Å². The third-order valence-corrected chi connectivity index (χ3v) is 3.24. The van der Waals surface area contributed by atoms with E-state index in [2.05, 4.69) is 53.8 Å². The lowest BCUT2D eigenvalue weighted by atomic mass is 10.0. The summed E-state index contributed by atoms with van der Waals surface area (Å²) in [7, 11) is 0. The van der Waals surface area contributed by atoms with Gasteiger partial charge in [-0.05, 0) is 36.6 Å². The molecule has 2 rings (SSSR count). The van der Waals surface area contributed by atoms with E-state index >= 15 is 0 Å². The zero-order valence-corrected chi connectivity index (χ0v) is 12.1. The SMILES string of the molecule is CCOCCCNCc1ccc(-c2ccccc2)cc1. The molecule has 106 valence electrons. The number of hydrogen-bond donors (Lipinski definition) is 1. The van der Waals surface area contributed by atoms with E-state index in [1.165, 1.54) is 16.7 Å². The molecule has 2 aromatic carbocycles. The lowest BCUT2D eigenvalue weighted by molar-refractivity contribution is 0.144. The molecular weight excluding hydrogens is 246 g/mol. The van der Waals surface area contributed by atoms with Gasteiger partial charge in [0.2, 0.25) is 0 Å². The first-order valence-corrected chi connectivity index (χ1v) is 7.33. The van der Waals surface area contributed by atoms with Crippen molar-refractivity contribution < 1.29 is 4.74 Å². The second-order valence-corrected chi connectivity index (χ2v) is 4.79. The lowest BCUT2D eigenvalue weighted by Crippen LogP contribution is -2.16. The highest BCUT2D eigenvalue weighted by atomic mass is 16.5. The second-order valence-electron chi connectivity index (χ2n) is 4.79. The Bertz CT molecular complexity index is 479. The van der Waals surface area contributed by atoms with Crippen molar-refractivity contribution >= 4 is 0 Å². The molecule has 2 aromatic rings. The number of benzene rings is 2. The van der Waals surface area contributed by atoms with Gasteiger partial charge in [-0.3, -0.25) is 0 Å². The van der Waals surface area contributed by atoms with Gasteiger partial charge in [-0.15, -0.1) is 0 Å². The van der Waals surface area contributed by atoms with E-state index in [4.69, 9.17) is 4.74 Å². The molecule has 0 saturated heterocycles. The quantitative estimate of drug-likeness (QED) is 0.735. The van der Waals surface area contributed by atoms with E-state index in [-0.39, 0.29) is 0 Å². The van der Waals surface area contributed by atoms with Gasteiger partial charge in [-0.25, -0.2) is 0 Å². The Balaban J connectivity index is 1.77. The number of rotatable bonds is 8. The highest BCUT2D eigenvalue weighted by Gasteiger charge is 1.97. The normalized spacial score (nSPS) is 10.7. The Hall–Kier alpha value is -1.64. The number of ether oxygens (including phenoxy) is 1. The van der Waals surface area contributed by atoms with E-state index in [0.29, 0.717) is 0 Å². The van der Waals surface area contributed by atoms with Crippen LogP contribution in [-0.2, 0) is 11.3 Å². The minimum Gasteiger partial charge on any atom is -0.382 e. The standard InChI is InChI=1S/C18H23NO/c1-2-20-14-6-13-19-15-16-9-11-18(12-10-16)17-7-4-3-5-8-17/h3-5,7-12,19H,2,6,13-15H2,1H3. The van der Waals surface area contributed by atoms with Gasteiger partial charge in [-0.2, -0.15) is 0 Å². The molecule has 0 spiro atoms. The summed E-state index contributed by atoms with van der Waals surface area (Å²) in [6.07, 6.45) is 1.07. The van der Waals surface area contributed by atoms with Crippen molar-refractivity contribution in [1.29, 1.82) is 0 Å². The van der Waals surface area contributed by atoms with Gasteiger partial charge >= 0.3 is 0 Å². The third-order valence-electron chi connectivity index (χ3n) is 3.24. The smallest absolute Gasteiger partial charge is 0.0477 e. The van der Waals surface area contributed by atoms with Crippen LogP contribution in [-0.4, -0.2) is 19.8 Å². The molecule has 20 heavy (non-hydrogen) atoms. The predicted octanol–water partition coefficient (Wildman–Crippen LogP) is 3.87. The molecule has 0 aromatic heterocycles. The summed E-state index contributed by atoms with van der Waals surface area (Å²) in [4.78, 5) is 0. The second kappa shape index (κ2) is 8.51. The minimum atomic E-state index is 0.806. The van der Waals surface area contributed by atoms with Crippen LogP contribution in [0, 0.1) is 0 Å². The maximum absolute atomic E-state index is 5.31. The van der Waals surface area contributed by atoms with Crippen LogP contribution in [0.25, 0.3) is 11.1 Å². The summed E-state index contributed by atoms with van der Waals surface area (Å²) in [6.45, 7) is 5.60. The first-order chi connectivity index (χ1) is 9.90. The molecule has 0 aliphatic heterocycles. The fourth-order valence-corrected chi connectivity index (χ4v) is 2.12. The molecule has 2 nitrogen and oxygen atoms in total. The molecule has 0 fully saturated rings. The van der Waals surface area contributed by atoms with Crippen molar-refractivity contribution in [1.82, 2.24) is 5.32 Å². The first kappa shape index (κ1) is 14.8. The van der Waals surface area contributed by atoms with Gasteiger partial charge < -0.3 is 10.1 Å². The fourth-order valence-electron chi connectivity index (χ4n) is 2.12. The zero-order valence-electron chi connectivity index (χ0n) is 12.1. The molecule has 2 heteroatoms. The van der Waals surface area contributed by atoms with Gasteiger partial charge in [0.25, 0.3) is 0 Å². The predicted molar refractivity (Wildman–Crippen MR) is 84.7 cm³/mol. The van der Waals surface area contributed by atoms with Crippen molar-refractivity contribution in [3.63, 3.8) is 0 Å². The van der Waals surface area contributed by atoms with E-state index in [1.54, 1.807) is 0 Å². The Labute approximate surface area is 121 Å². The highest BCUT2D eigenvalue weighted by molar-refractivity contribution is 5.63. The first-order valence-electron chi connectivity index (χ1n) is 7.33. The molecule has 0 unspecified atom stereocenters. The summed E-state index contributed by atoms with van der Waals surface area (Å²) < 4.78 is 5.31. The summed E-state index contributed by atoms with van der Waals surface area (Å²) in [6, 6.07) is 19.2. The van der Waals surface area contributed by atoms with Crippen molar-refractivity contribution in [3.05, 3.63) is 60.2 Å². The molecule has 0 atom stereocenters. The van der Waals surface area contributed by atoms with Crippen molar-refractivity contribution in [2.24, 2.45) is 0 Å². The summed E-state index contributed by atoms with van der Waals surface area (Å²) in [5.41, 5.74) is 3.86. The average Bonchev–Trinajstić information content (AvgIpc) is 2.52. The Morgan fingerprint density at radius 1 is 0.900 bits per heavy atom. The molecule has 0 heterocycles. The largest absolute Gasteiger partial charge is 0.382 e. The number of hydrogen-bond acceptors (Lipinski definition) is 2. The number of nitrogens with one attached hydrogen (secondary N) is 1. The summed E-state index contributed by atoms with van der Waals surface area (Å²) in [5.74, 6) is 0. The molecule has 0 amide bonds. The molecule has 1 N–H and O–H groups in total. The summed E-state index contributed by atoms with van der Waals surface area (Å²) in [5, 5.41) is 3.44. The van der Waals surface area contributed by atoms with E-state index in [1.807, 2.05) is 13.0 Å². The van der Waals surface area contributed by atoms with Gasteiger partial charge in [0.15, 0.2) is 0 Å². The fraction of sp³-hybridized carbons (Fsp3) is 0.333. The maximum atomic E-state index is 5.31. The van der Waals surface area contributed by atoms with E-state index in [0.717, 1.165) is 32.7 Å². The van der Waals surface area contributed by atoms with Gasteiger partial charge in [-0.1, -0.05) is 54.6 Å². The van der Waals surface area contributed by atoms with Gasteiger partial charge in [0.1, 0.15) is 0 Å². The van der Waals surface area contributed by atoms with E-state index < -0.39 is 0 Å². The van der Waals surface area contributed by atoms with E-state index in [9.17, 15) is 0 Å². The van der Waals surface area contributed by atoms with Crippen LogP contribution in [0.1, 0.15) is 18.9 Å². The van der Waals surface area contributed by atoms with Crippen molar-refractivity contribution in [2.45, 2.75) is 19.9 Å². The Kier molecular flexibility index (Phi) is 6.28. The lowest BCUT2D eigenvalue weighted by Gasteiger charge is -2.07. The van der Waals surface area contributed by atoms with Crippen LogP contribution >= 0.6 is 0 Å². The van der Waals surface area contributed by atoms with Gasteiger partial charge in [0, 0.05) is 19.8 Å². The minimum absolute atomic E-state index is 0.806. The highest BCUT2D eigenvalue weighted by Crippen LogP contribution is 2.19. The van der Waals surface area contributed by atoms with Gasteiger partial charge in [0.05, 0.1) is 0 Å². The molecule has 0 radical (unpaired) electrons. The van der Waals surface area contributed by atoms with Crippen LogP contribution in [0.3, 0.4) is 0 Å². The zero-order chi connectivity index (χ0) is 14.0. The van der Waals surface area contributed by atoms with Crippen molar-refractivity contribution in [3.8, 4) is 11.1 Å². The Morgan fingerprint density at radius 2 is 1.60 bits per heavy atom. The molecule has 0 bridgehead atoms. The van der Waals surface area contributed by atoms with Crippen molar-refractivity contribution in [2.75, 3.05) is 19.8 Å². The monoisotopic (exact) mass is 269 g/mol. The summed E-state index contributed by atoms with van der Waals surface area (Å²) >= 11 is 0. The molecule has 0 aliphatic rings. The van der Waals surface area contributed by atoms with Crippen LogP contribution in [0.5, 0.6) is 0 Å². The Morgan fingerprint density at radius 3 is 2.30 bits per heavy atom.